The molecule has 0 bridgehead atoms. The van der Waals surface area contributed by atoms with Crippen LogP contribution in [0.25, 0.3) is 0 Å². The molecule has 0 saturated carbocycles. The molecule has 0 radical (unpaired) electrons. The third-order valence-electron chi connectivity index (χ3n) is 3.85. The maximum atomic E-state index is 12.3. The molecule has 2 N–H and O–H groups in total. The largest absolute Gasteiger partial charge is 0.455 e. The van der Waals surface area contributed by atoms with Crippen LogP contribution in [0.15, 0.2) is 53.3 Å². The average molecular weight is 457 g/mol. The Bertz CT molecular complexity index is 1030. The number of hydrogen-bond donors (Lipinski definition) is 2. The van der Waals surface area contributed by atoms with Gasteiger partial charge in [0.05, 0.1) is 11.6 Å². The van der Waals surface area contributed by atoms with E-state index in [0.717, 1.165) is 22.6 Å². The van der Waals surface area contributed by atoms with Crippen molar-refractivity contribution in [3.05, 3.63) is 79.1 Å². The molecule has 0 unspecified atom stereocenters. The van der Waals surface area contributed by atoms with Crippen LogP contribution in [0.3, 0.4) is 0 Å². The fourth-order valence-corrected chi connectivity index (χ4v) is 2.92. The van der Waals surface area contributed by atoms with E-state index in [2.05, 4.69) is 16.4 Å². The second-order valence-corrected chi connectivity index (χ2v) is 6.91. The second kappa shape index (κ2) is 7.62. The number of nitriles is 1. The van der Waals surface area contributed by atoms with Gasteiger partial charge in [0, 0.05) is 11.8 Å². The van der Waals surface area contributed by atoms with E-state index in [1.54, 1.807) is 30.3 Å². The quantitative estimate of drug-likeness (QED) is 0.541. The lowest BCUT2D eigenvalue weighted by Gasteiger charge is -2.14. The van der Waals surface area contributed by atoms with Crippen molar-refractivity contribution in [3.8, 4) is 17.6 Å². The Balaban J connectivity index is 1.94. The van der Waals surface area contributed by atoms with Crippen molar-refractivity contribution in [2.75, 3.05) is 5.32 Å². The van der Waals surface area contributed by atoms with Gasteiger partial charge in [-0.05, 0) is 71.8 Å². The first-order valence-corrected chi connectivity index (χ1v) is 9.00. The number of para-hydroxylation sites is 1. The number of ether oxygens (including phenoxy) is 1. The predicted octanol–water partition coefficient (Wildman–Crippen LogP) is 5.00. The number of hydrogen-bond acceptors (Lipinski definition) is 4. The van der Waals surface area contributed by atoms with Gasteiger partial charge in [0.2, 0.25) is 0 Å². The fourth-order valence-electron chi connectivity index (χ4n) is 2.51. The van der Waals surface area contributed by atoms with Crippen LogP contribution in [0.4, 0.5) is 11.5 Å². The van der Waals surface area contributed by atoms with Gasteiger partial charge in [-0.3, -0.25) is 4.79 Å². The molecule has 1 aromatic heterocycles. The number of aryl methyl sites for hydroxylation is 2. The number of aromatic nitrogens is 1. The summed E-state index contributed by atoms with van der Waals surface area (Å²) in [6.07, 6.45) is 0. The van der Waals surface area contributed by atoms with E-state index in [1.165, 1.54) is 0 Å². The van der Waals surface area contributed by atoms with Crippen LogP contribution in [0.1, 0.15) is 16.7 Å². The molecular weight excluding hydrogens is 441 g/mol. The zero-order valence-corrected chi connectivity index (χ0v) is 16.4. The standard InChI is InChI=1S/C20H16IN3O2/c1-12-4-3-5-13(2)19(12)26-16-10-17(24-20(25)18(16)21)23-15-8-6-14(11-22)7-9-15/h3-10H,1-2H3,(H2,23,24,25). The summed E-state index contributed by atoms with van der Waals surface area (Å²) in [5.74, 6) is 1.75. The molecule has 130 valence electrons. The number of anilines is 2. The number of nitrogens with zero attached hydrogens (tertiary/aromatic N) is 1. The zero-order chi connectivity index (χ0) is 18.7. The molecule has 0 atom stereocenters. The maximum absolute atomic E-state index is 12.3. The van der Waals surface area contributed by atoms with Gasteiger partial charge >= 0.3 is 0 Å². The molecule has 0 aliphatic carbocycles. The van der Waals surface area contributed by atoms with E-state index in [0.29, 0.717) is 20.7 Å². The molecule has 0 aliphatic heterocycles. The third kappa shape index (κ3) is 3.89. The molecular formula is C20H16IN3O2. The molecule has 0 saturated heterocycles. The Kier molecular flexibility index (Phi) is 5.28. The van der Waals surface area contributed by atoms with Crippen molar-refractivity contribution < 1.29 is 4.74 Å². The Morgan fingerprint density at radius 3 is 2.38 bits per heavy atom. The molecule has 0 fully saturated rings. The van der Waals surface area contributed by atoms with Crippen LogP contribution >= 0.6 is 22.6 Å². The van der Waals surface area contributed by atoms with Gasteiger partial charge in [-0.15, -0.1) is 0 Å². The monoisotopic (exact) mass is 457 g/mol. The van der Waals surface area contributed by atoms with E-state index in [9.17, 15) is 4.79 Å². The van der Waals surface area contributed by atoms with Crippen LogP contribution in [-0.4, -0.2) is 4.98 Å². The van der Waals surface area contributed by atoms with Gasteiger partial charge in [-0.2, -0.15) is 5.26 Å². The second-order valence-electron chi connectivity index (χ2n) is 5.83. The normalized spacial score (nSPS) is 10.2. The van der Waals surface area contributed by atoms with Gasteiger partial charge in [0.25, 0.3) is 5.56 Å². The number of H-pyrrole nitrogens is 1. The molecule has 5 nitrogen and oxygen atoms in total. The van der Waals surface area contributed by atoms with Gasteiger partial charge in [-0.1, -0.05) is 18.2 Å². The molecule has 2 aromatic carbocycles. The Hall–Kier alpha value is -2.79. The Morgan fingerprint density at radius 2 is 1.77 bits per heavy atom. The first kappa shape index (κ1) is 18.0. The first-order chi connectivity index (χ1) is 12.5. The van der Waals surface area contributed by atoms with Crippen LogP contribution in [0.5, 0.6) is 11.5 Å². The highest BCUT2D eigenvalue weighted by atomic mass is 127. The Morgan fingerprint density at radius 1 is 1.12 bits per heavy atom. The summed E-state index contributed by atoms with van der Waals surface area (Å²) < 4.78 is 6.54. The van der Waals surface area contributed by atoms with Crippen LogP contribution in [0.2, 0.25) is 0 Å². The van der Waals surface area contributed by atoms with Crippen LogP contribution in [-0.2, 0) is 0 Å². The van der Waals surface area contributed by atoms with Crippen molar-refractivity contribution in [2.24, 2.45) is 0 Å². The smallest absolute Gasteiger partial charge is 0.266 e. The molecule has 6 heteroatoms. The van der Waals surface area contributed by atoms with E-state index < -0.39 is 0 Å². The molecule has 0 aliphatic rings. The fraction of sp³-hybridized carbons (Fsp3) is 0.100. The van der Waals surface area contributed by atoms with E-state index in [-0.39, 0.29) is 5.56 Å². The molecule has 26 heavy (non-hydrogen) atoms. The summed E-state index contributed by atoms with van der Waals surface area (Å²) in [7, 11) is 0. The third-order valence-corrected chi connectivity index (χ3v) is 4.87. The van der Waals surface area contributed by atoms with Crippen molar-refractivity contribution in [1.82, 2.24) is 4.98 Å². The average Bonchev–Trinajstić information content (AvgIpc) is 2.63. The molecule has 0 spiro atoms. The highest BCUT2D eigenvalue weighted by Gasteiger charge is 2.12. The number of aromatic amines is 1. The number of pyridine rings is 1. The minimum Gasteiger partial charge on any atom is -0.455 e. The van der Waals surface area contributed by atoms with Crippen molar-refractivity contribution in [3.63, 3.8) is 0 Å². The van der Waals surface area contributed by atoms with Crippen molar-refractivity contribution >= 4 is 34.1 Å². The summed E-state index contributed by atoms with van der Waals surface area (Å²) in [5, 5.41) is 12.0. The zero-order valence-electron chi connectivity index (χ0n) is 14.3. The molecule has 3 aromatic rings. The summed E-state index contributed by atoms with van der Waals surface area (Å²) in [4.78, 5) is 15.1. The number of rotatable bonds is 4. The molecule has 0 amide bonds. The van der Waals surface area contributed by atoms with Gasteiger partial charge in [0.1, 0.15) is 20.9 Å². The van der Waals surface area contributed by atoms with Crippen molar-refractivity contribution in [2.45, 2.75) is 13.8 Å². The summed E-state index contributed by atoms with van der Waals surface area (Å²) in [5.41, 5.74) is 3.11. The van der Waals surface area contributed by atoms with Gasteiger partial charge < -0.3 is 15.0 Å². The first-order valence-electron chi connectivity index (χ1n) is 7.92. The SMILES string of the molecule is Cc1cccc(C)c1Oc1cc(Nc2ccc(C#N)cc2)[nH]c(=O)c1I. The van der Waals surface area contributed by atoms with Crippen LogP contribution in [0, 0.1) is 28.7 Å². The highest BCUT2D eigenvalue weighted by molar-refractivity contribution is 14.1. The summed E-state index contributed by atoms with van der Waals surface area (Å²) in [6, 6.07) is 16.7. The Labute approximate surface area is 164 Å². The van der Waals surface area contributed by atoms with E-state index in [1.807, 2.05) is 54.6 Å². The summed E-state index contributed by atoms with van der Waals surface area (Å²) in [6.45, 7) is 3.94. The van der Waals surface area contributed by atoms with E-state index in [4.69, 9.17) is 10.00 Å². The topological polar surface area (TPSA) is 77.9 Å². The molecule has 1 heterocycles. The maximum Gasteiger partial charge on any atom is 0.266 e. The lowest BCUT2D eigenvalue weighted by molar-refractivity contribution is 0.470. The highest BCUT2D eigenvalue weighted by Crippen LogP contribution is 2.31. The summed E-state index contributed by atoms with van der Waals surface area (Å²) >= 11 is 1.98. The van der Waals surface area contributed by atoms with Crippen LogP contribution < -0.4 is 15.6 Å². The van der Waals surface area contributed by atoms with Gasteiger partial charge in [0.15, 0.2) is 0 Å². The lowest BCUT2D eigenvalue weighted by Crippen LogP contribution is -2.13. The van der Waals surface area contributed by atoms with Crippen molar-refractivity contribution in [1.29, 1.82) is 5.26 Å². The predicted molar refractivity (Wildman–Crippen MR) is 110 cm³/mol. The minimum absolute atomic E-state index is 0.231. The van der Waals surface area contributed by atoms with Gasteiger partial charge in [-0.25, -0.2) is 0 Å². The number of halogens is 1. The number of benzene rings is 2. The minimum atomic E-state index is -0.231. The van der Waals surface area contributed by atoms with E-state index >= 15 is 0 Å². The lowest BCUT2D eigenvalue weighted by atomic mass is 10.1. The number of nitrogens with one attached hydrogen (secondary N) is 2. The molecule has 3 rings (SSSR count).